The first-order chi connectivity index (χ1) is 16.8. The maximum Gasteiger partial charge on any atom is 0.411 e. The molecular weight excluding hydrogens is 448 g/mol. The molecule has 35 heavy (non-hydrogen) atoms. The lowest BCUT2D eigenvalue weighted by Gasteiger charge is -2.14. The zero-order valence-corrected chi connectivity index (χ0v) is 19.7. The average molecular weight is 477 g/mol. The Hall–Kier alpha value is -4.14. The molecule has 0 spiro atoms. The Bertz CT molecular complexity index is 1210. The summed E-state index contributed by atoms with van der Waals surface area (Å²) < 4.78 is 7.00. The lowest BCUT2D eigenvalue weighted by atomic mass is 9.98. The first kappa shape index (κ1) is 24.0. The van der Waals surface area contributed by atoms with Gasteiger partial charge in [0.25, 0.3) is 5.91 Å². The monoisotopic (exact) mass is 476 g/mol. The number of benzene rings is 2. The third-order valence-electron chi connectivity index (χ3n) is 6.09. The van der Waals surface area contributed by atoms with Gasteiger partial charge in [0.2, 0.25) is 0 Å². The highest BCUT2D eigenvalue weighted by molar-refractivity contribution is 6.00. The van der Waals surface area contributed by atoms with E-state index < -0.39 is 18.0 Å². The van der Waals surface area contributed by atoms with Gasteiger partial charge in [-0.3, -0.25) is 19.6 Å². The molecule has 0 saturated heterocycles. The van der Waals surface area contributed by atoms with Crippen LogP contribution in [0.25, 0.3) is 11.1 Å². The SMILES string of the molecule is CC(CCC(=O)O)CNC(=O)c1nn(C)cc1NC(=O)OCC1c2ccccc2-c2ccccc21. The third-order valence-corrected chi connectivity index (χ3v) is 6.09. The molecule has 4 rings (SSSR count). The Balaban J connectivity index is 1.37. The zero-order valence-electron chi connectivity index (χ0n) is 19.7. The Morgan fingerprint density at radius 1 is 1.09 bits per heavy atom. The fraction of sp³-hybridized carbons (Fsp3) is 0.308. The predicted molar refractivity (Wildman–Crippen MR) is 130 cm³/mol. The number of aryl methyl sites for hydroxylation is 1. The first-order valence-electron chi connectivity index (χ1n) is 11.5. The van der Waals surface area contributed by atoms with Crippen molar-refractivity contribution in [2.75, 3.05) is 18.5 Å². The van der Waals surface area contributed by atoms with Gasteiger partial charge in [-0.15, -0.1) is 0 Å². The summed E-state index contributed by atoms with van der Waals surface area (Å²) >= 11 is 0. The number of aliphatic carboxylic acids is 1. The van der Waals surface area contributed by atoms with Crippen molar-refractivity contribution in [1.82, 2.24) is 15.1 Å². The molecule has 0 bridgehead atoms. The number of rotatable bonds is 9. The van der Waals surface area contributed by atoms with E-state index in [2.05, 4.69) is 27.9 Å². The van der Waals surface area contributed by atoms with Gasteiger partial charge in [-0.05, 0) is 34.6 Å². The Kier molecular flexibility index (Phi) is 7.14. The van der Waals surface area contributed by atoms with E-state index in [4.69, 9.17) is 9.84 Å². The van der Waals surface area contributed by atoms with E-state index in [0.29, 0.717) is 13.0 Å². The molecular formula is C26H28N4O5. The maximum atomic E-state index is 12.6. The van der Waals surface area contributed by atoms with Crippen LogP contribution >= 0.6 is 0 Å². The minimum atomic E-state index is -0.873. The summed E-state index contributed by atoms with van der Waals surface area (Å²) in [5, 5.41) is 18.3. The van der Waals surface area contributed by atoms with E-state index in [9.17, 15) is 14.4 Å². The van der Waals surface area contributed by atoms with Crippen LogP contribution in [-0.2, 0) is 16.6 Å². The summed E-state index contributed by atoms with van der Waals surface area (Å²) in [6, 6.07) is 16.2. The molecule has 2 amide bonds. The van der Waals surface area contributed by atoms with Crippen molar-refractivity contribution >= 4 is 23.7 Å². The summed E-state index contributed by atoms with van der Waals surface area (Å²) in [5.41, 5.74) is 4.80. The second-order valence-electron chi connectivity index (χ2n) is 8.76. The van der Waals surface area contributed by atoms with Gasteiger partial charge < -0.3 is 15.2 Å². The van der Waals surface area contributed by atoms with Gasteiger partial charge in [0, 0.05) is 32.1 Å². The van der Waals surface area contributed by atoms with Crippen molar-refractivity contribution in [3.63, 3.8) is 0 Å². The highest BCUT2D eigenvalue weighted by atomic mass is 16.5. The molecule has 0 aliphatic heterocycles. The molecule has 1 aliphatic rings. The molecule has 3 N–H and O–H groups in total. The molecule has 1 heterocycles. The van der Waals surface area contributed by atoms with Crippen molar-refractivity contribution in [3.8, 4) is 11.1 Å². The highest BCUT2D eigenvalue weighted by Crippen LogP contribution is 2.44. The number of nitrogens with zero attached hydrogens (tertiary/aromatic N) is 2. The van der Waals surface area contributed by atoms with Crippen LogP contribution in [0.4, 0.5) is 10.5 Å². The van der Waals surface area contributed by atoms with Crippen molar-refractivity contribution in [2.45, 2.75) is 25.7 Å². The predicted octanol–water partition coefficient (Wildman–Crippen LogP) is 4.01. The van der Waals surface area contributed by atoms with Crippen molar-refractivity contribution in [3.05, 3.63) is 71.5 Å². The van der Waals surface area contributed by atoms with Crippen LogP contribution < -0.4 is 10.6 Å². The van der Waals surface area contributed by atoms with E-state index in [-0.39, 0.29) is 36.2 Å². The molecule has 9 nitrogen and oxygen atoms in total. The summed E-state index contributed by atoms with van der Waals surface area (Å²) in [4.78, 5) is 36.0. The van der Waals surface area contributed by atoms with Gasteiger partial charge in [0.05, 0.1) is 5.69 Å². The van der Waals surface area contributed by atoms with Crippen LogP contribution in [0.5, 0.6) is 0 Å². The highest BCUT2D eigenvalue weighted by Gasteiger charge is 2.29. The first-order valence-corrected chi connectivity index (χ1v) is 11.5. The lowest BCUT2D eigenvalue weighted by molar-refractivity contribution is -0.137. The maximum absolute atomic E-state index is 12.6. The Morgan fingerprint density at radius 3 is 2.34 bits per heavy atom. The Morgan fingerprint density at radius 2 is 1.71 bits per heavy atom. The molecule has 3 aromatic rings. The van der Waals surface area contributed by atoms with Crippen LogP contribution in [0.2, 0.25) is 0 Å². The molecule has 1 aromatic heterocycles. The minimum Gasteiger partial charge on any atom is -0.481 e. The number of nitrogens with one attached hydrogen (secondary N) is 2. The fourth-order valence-corrected chi connectivity index (χ4v) is 4.31. The van der Waals surface area contributed by atoms with Crippen LogP contribution in [-0.4, -0.2) is 46.0 Å². The number of amides is 2. The van der Waals surface area contributed by atoms with E-state index >= 15 is 0 Å². The summed E-state index contributed by atoms with van der Waals surface area (Å²) in [6.45, 7) is 2.31. The van der Waals surface area contributed by atoms with Gasteiger partial charge in [-0.1, -0.05) is 55.5 Å². The zero-order chi connectivity index (χ0) is 24.9. The molecule has 2 aromatic carbocycles. The van der Waals surface area contributed by atoms with Crippen LogP contribution in [0.3, 0.4) is 0 Å². The van der Waals surface area contributed by atoms with E-state index in [1.165, 1.54) is 10.9 Å². The van der Waals surface area contributed by atoms with Crippen molar-refractivity contribution in [2.24, 2.45) is 13.0 Å². The van der Waals surface area contributed by atoms with E-state index in [0.717, 1.165) is 22.3 Å². The summed E-state index contributed by atoms with van der Waals surface area (Å²) in [6.07, 6.45) is 1.34. The fourth-order valence-electron chi connectivity index (χ4n) is 4.31. The molecule has 0 fully saturated rings. The number of carboxylic acid groups (broad SMARTS) is 1. The lowest BCUT2D eigenvalue weighted by Crippen LogP contribution is -2.30. The third kappa shape index (κ3) is 5.51. The molecule has 1 atom stereocenters. The number of carbonyl (C=O) groups is 3. The van der Waals surface area contributed by atoms with E-state index in [1.54, 1.807) is 7.05 Å². The second kappa shape index (κ2) is 10.4. The number of hydrogen-bond donors (Lipinski definition) is 3. The number of fused-ring (bicyclic) bond motifs is 3. The molecule has 1 unspecified atom stereocenters. The van der Waals surface area contributed by atoms with E-state index in [1.807, 2.05) is 43.3 Å². The van der Waals surface area contributed by atoms with Crippen LogP contribution in [0.1, 0.15) is 47.3 Å². The smallest absolute Gasteiger partial charge is 0.411 e. The molecule has 0 radical (unpaired) electrons. The topological polar surface area (TPSA) is 123 Å². The van der Waals surface area contributed by atoms with Crippen molar-refractivity contribution < 1.29 is 24.2 Å². The molecule has 182 valence electrons. The number of aromatic nitrogens is 2. The number of carboxylic acids is 1. The summed E-state index contributed by atoms with van der Waals surface area (Å²) in [7, 11) is 1.65. The van der Waals surface area contributed by atoms with Crippen molar-refractivity contribution in [1.29, 1.82) is 0 Å². The largest absolute Gasteiger partial charge is 0.481 e. The van der Waals surface area contributed by atoms with Gasteiger partial charge in [0.15, 0.2) is 5.69 Å². The van der Waals surface area contributed by atoms with Gasteiger partial charge in [0.1, 0.15) is 6.61 Å². The Labute approximate surface area is 203 Å². The molecule has 0 saturated carbocycles. The summed E-state index contributed by atoms with van der Waals surface area (Å²) in [5.74, 6) is -1.42. The normalized spacial score (nSPS) is 13.0. The molecule has 1 aliphatic carbocycles. The van der Waals surface area contributed by atoms with Gasteiger partial charge in [-0.2, -0.15) is 5.10 Å². The number of hydrogen-bond acceptors (Lipinski definition) is 5. The number of ether oxygens (including phenoxy) is 1. The second-order valence-corrected chi connectivity index (χ2v) is 8.76. The standard InChI is InChI=1S/C26H28N4O5/c1-16(11-12-23(31)32)13-27-25(33)24-22(14-30(2)29-24)28-26(34)35-15-21-19-9-5-3-7-17(19)18-8-4-6-10-20(18)21/h3-10,14,16,21H,11-13,15H2,1-2H3,(H,27,33)(H,28,34)(H,31,32). The quantitative estimate of drug-likeness (QED) is 0.429. The van der Waals surface area contributed by atoms with Crippen LogP contribution in [0.15, 0.2) is 54.7 Å². The minimum absolute atomic E-state index is 0.0164. The number of anilines is 1. The average Bonchev–Trinajstić information content (AvgIpc) is 3.37. The van der Waals surface area contributed by atoms with Gasteiger partial charge >= 0.3 is 12.1 Å². The van der Waals surface area contributed by atoms with Crippen LogP contribution in [0, 0.1) is 5.92 Å². The molecule has 9 heteroatoms. The van der Waals surface area contributed by atoms with Gasteiger partial charge in [-0.25, -0.2) is 4.79 Å². The number of carbonyl (C=O) groups excluding carboxylic acids is 2.